The molecule has 1 aliphatic rings. The number of nitrogens with zero attached hydrogens (tertiary/aromatic N) is 1. The fourth-order valence-electron chi connectivity index (χ4n) is 3.04. The van der Waals surface area contributed by atoms with Gasteiger partial charge in [0.05, 0.1) is 6.61 Å². The summed E-state index contributed by atoms with van der Waals surface area (Å²) >= 11 is 0. The Kier molecular flexibility index (Phi) is 6.05. The van der Waals surface area contributed by atoms with Crippen molar-refractivity contribution in [2.45, 2.75) is 45.1 Å². The van der Waals surface area contributed by atoms with E-state index in [2.05, 4.69) is 11.8 Å². The Bertz CT molecular complexity index is 461. The zero-order chi connectivity index (χ0) is 15.1. The normalized spacial score (nSPS) is 19.4. The van der Waals surface area contributed by atoms with Crippen LogP contribution in [0.4, 0.5) is 0 Å². The second kappa shape index (κ2) is 8.03. The molecular weight excluding hydrogens is 266 g/mol. The summed E-state index contributed by atoms with van der Waals surface area (Å²) in [7, 11) is 0. The quantitative estimate of drug-likeness (QED) is 0.782. The highest BCUT2D eigenvalue weighted by Crippen LogP contribution is 2.20. The van der Waals surface area contributed by atoms with E-state index >= 15 is 0 Å². The summed E-state index contributed by atoms with van der Waals surface area (Å²) in [4.78, 5) is 13.6. The van der Waals surface area contributed by atoms with Crippen molar-refractivity contribution in [3.05, 3.63) is 29.8 Å². The summed E-state index contributed by atoms with van der Waals surface area (Å²) in [5, 5.41) is 9.10. The van der Waals surface area contributed by atoms with Gasteiger partial charge in [-0.25, -0.2) is 4.79 Å². The minimum Gasteiger partial charge on any atom is -0.493 e. The minimum atomic E-state index is -0.937. The number of ether oxygens (including phenoxy) is 1. The van der Waals surface area contributed by atoms with Gasteiger partial charge in [-0.1, -0.05) is 25.5 Å². The summed E-state index contributed by atoms with van der Waals surface area (Å²) < 4.78 is 5.65. The van der Waals surface area contributed by atoms with Gasteiger partial charge in [0.2, 0.25) is 0 Å². The van der Waals surface area contributed by atoms with Crippen LogP contribution in [0.1, 0.15) is 49.4 Å². The van der Waals surface area contributed by atoms with E-state index in [0.29, 0.717) is 18.4 Å². The molecule has 1 aliphatic heterocycles. The van der Waals surface area contributed by atoms with Crippen LogP contribution in [-0.4, -0.2) is 41.7 Å². The van der Waals surface area contributed by atoms with Crippen LogP contribution < -0.4 is 4.74 Å². The average Bonchev–Trinajstić information content (AvgIpc) is 2.52. The van der Waals surface area contributed by atoms with Crippen molar-refractivity contribution < 1.29 is 14.6 Å². The molecule has 4 nitrogen and oxygen atoms in total. The maximum atomic E-state index is 11.1. The highest BCUT2D eigenvalue weighted by molar-refractivity contribution is 5.90. The Balaban J connectivity index is 1.78. The van der Waals surface area contributed by atoms with Crippen molar-refractivity contribution >= 4 is 5.97 Å². The zero-order valence-corrected chi connectivity index (χ0v) is 12.8. The third-order valence-corrected chi connectivity index (χ3v) is 4.19. The average molecular weight is 291 g/mol. The molecule has 0 saturated carbocycles. The lowest BCUT2D eigenvalue weighted by Crippen LogP contribution is -2.40. The van der Waals surface area contributed by atoms with Gasteiger partial charge in [-0.05, 0) is 44.4 Å². The van der Waals surface area contributed by atoms with E-state index in [0.717, 1.165) is 13.0 Å². The molecule has 4 heteroatoms. The number of rotatable bonds is 7. The van der Waals surface area contributed by atoms with Crippen molar-refractivity contribution in [2.75, 3.05) is 19.7 Å². The fraction of sp³-hybridized carbons (Fsp3) is 0.588. The molecule has 1 N–H and O–H groups in total. The van der Waals surface area contributed by atoms with E-state index in [1.54, 1.807) is 24.3 Å². The molecule has 0 aromatic heterocycles. The smallest absolute Gasteiger partial charge is 0.339 e. The summed E-state index contributed by atoms with van der Waals surface area (Å²) in [6.45, 7) is 5.04. The maximum Gasteiger partial charge on any atom is 0.339 e. The van der Waals surface area contributed by atoms with Crippen molar-refractivity contribution in [3.8, 4) is 5.75 Å². The first-order valence-corrected chi connectivity index (χ1v) is 7.91. The van der Waals surface area contributed by atoms with E-state index in [1.807, 2.05) is 0 Å². The number of hydrogen-bond acceptors (Lipinski definition) is 3. The molecule has 1 atom stereocenters. The summed E-state index contributed by atoms with van der Waals surface area (Å²) in [6, 6.07) is 7.54. The number of carbonyl (C=O) groups is 1. The first-order chi connectivity index (χ1) is 10.2. The van der Waals surface area contributed by atoms with Crippen LogP contribution in [-0.2, 0) is 0 Å². The van der Waals surface area contributed by atoms with E-state index in [1.165, 1.54) is 32.2 Å². The third kappa shape index (κ3) is 4.46. The Morgan fingerprint density at radius 3 is 2.95 bits per heavy atom. The molecule has 2 rings (SSSR count). The number of aromatic carboxylic acids is 1. The van der Waals surface area contributed by atoms with Gasteiger partial charge in [0.25, 0.3) is 0 Å². The minimum absolute atomic E-state index is 0.238. The number of carboxylic acids is 1. The van der Waals surface area contributed by atoms with Gasteiger partial charge < -0.3 is 14.7 Å². The first kappa shape index (κ1) is 15.8. The summed E-state index contributed by atoms with van der Waals surface area (Å²) in [5.41, 5.74) is 0.238. The molecule has 1 heterocycles. The lowest BCUT2D eigenvalue weighted by Gasteiger charge is -2.35. The van der Waals surface area contributed by atoms with Crippen LogP contribution in [0.15, 0.2) is 24.3 Å². The number of para-hydroxylation sites is 1. The Hall–Kier alpha value is -1.55. The van der Waals surface area contributed by atoms with Crippen molar-refractivity contribution in [1.29, 1.82) is 0 Å². The van der Waals surface area contributed by atoms with Gasteiger partial charge in [-0.15, -0.1) is 0 Å². The Labute approximate surface area is 126 Å². The highest BCUT2D eigenvalue weighted by atomic mass is 16.5. The molecule has 0 radical (unpaired) electrons. The number of hydrogen-bond donors (Lipinski definition) is 1. The molecule has 0 aliphatic carbocycles. The van der Waals surface area contributed by atoms with Crippen LogP contribution in [0.25, 0.3) is 0 Å². The lowest BCUT2D eigenvalue weighted by molar-refractivity contribution is 0.0691. The summed E-state index contributed by atoms with van der Waals surface area (Å²) in [5.74, 6) is -0.469. The molecular formula is C17H25NO3. The molecule has 116 valence electrons. The summed E-state index contributed by atoms with van der Waals surface area (Å²) in [6.07, 6.45) is 6.09. The molecule has 1 aromatic rings. The van der Waals surface area contributed by atoms with Crippen LogP contribution in [0.3, 0.4) is 0 Å². The highest BCUT2D eigenvalue weighted by Gasteiger charge is 2.20. The molecule has 0 unspecified atom stereocenters. The zero-order valence-electron chi connectivity index (χ0n) is 12.8. The molecule has 1 aromatic carbocycles. The molecule has 21 heavy (non-hydrogen) atoms. The van der Waals surface area contributed by atoms with Crippen molar-refractivity contribution in [2.24, 2.45) is 0 Å². The molecule has 1 fully saturated rings. The number of carboxylic acid groups (broad SMARTS) is 1. The van der Waals surface area contributed by atoms with Crippen LogP contribution >= 0.6 is 0 Å². The Morgan fingerprint density at radius 1 is 1.38 bits per heavy atom. The van der Waals surface area contributed by atoms with Gasteiger partial charge in [-0.2, -0.15) is 0 Å². The Morgan fingerprint density at radius 2 is 2.19 bits per heavy atom. The number of piperidine rings is 1. The van der Waals surface area contributed by atoms with E-state index in [-0.39, 0.29) is 5.56 Å². The molecule has 0 bridgehead atoms. The van der Waals surface area contributed by atoms with Crippen molar-refractivity contribution in [3.63, 3.8) is 0 Å². The second-order valence-electron chi connectivity index (χ2n) is 5.60. The lowest BCUT2D eigenvalue weighted by atomic mass is 10.00. The SMILES string of the molecule is CC[C@@H]1CCCCN1CCCOc1ccccc1C(=O)O. The van der Waals surface area contributed by atoms with E-state index < -0.39 is 5.97 Å². The number of likely N-dealkylation sites (tertiary alicyclic amines) is 1. The third-order valence-electron chi connectivity index (χ3n) is 4.19. The van der Waals surface area contributed by atoms with Gasteiger partial charge in [0.15, 0.2) is 0 Å². The van der Waals surface area contributed by atoms with E-state index in [9.17, 15) is 4.79 Å². The maximum absolute atomic E-state index is 11.1. The van der Waals surface area contributed by atoms with Gasteiger partial charge in [0.1, 0.15) is 11.3 Å². The monoisotopic (exact) mass is 291 g/mol. The largest absolute Gasteiger partial charge is 0.493 e. The molecule has 1 saturated heterocycles. The van der Waals surface area contributed by atoms with Crippen LogP contribution in [0.2, 0.25) is 0 Å². The van der Waals surface area contributed by atoms with Crippen molar-refractivity contribution in [1.82, 2.24) is 4.90 Å². The molecule has 0 amide bonds. The van der Waals surface area contributed by atoms with Crippen LogP contribution in [0.5, 0.6) is 5.75 Å². The van der Waals surface area contributed by atoms with Gasteiger partial charge in [-0.3, -0.25) is 0 Å². The number of benzene rings is 1. The van der Waals surface area contributed by atoms with Crippen LogP contribution in [0, 0.1) is 0 Å². The van der Waals surface area contributed by atoms with Gasteiger partial charge >= 0.3 is 5.97 Å². The second-order valence-corrected chi connectivity index (χ2v) is 5.60. The van der Waals surface area contributed by atoms with E-state index in [4.69, 9.17) is 9.84 Å². The fourth-order valence-corrected chi connectivity index (χ4v) is 3.04. The predicted molar refractivity (Wildman–Crippen MR) is 83.0 cm³/mol. The standard InChI is InChI=1S/C17H25NO3/c1-2-14-8-5-6-11-18(14)12-7-13-21-16-10-4-3-9-15(16)17(19)20/h3-4,9-10,14H,2,5-8,11-13H2,1H3,(H,19,20)/t14-/m1/s1. The topological polar surface area (TPSA) is 49.8 Å². The first-order valence-electron chi connectivity index (χ1n) is 7.91. The molecule has 0 spiro atoms. The predicted octanol–water partition coefficient (Wildman–Crippen LogP) is 3.42. The van der Waals surface area contributed by atoms with Gasteiger partial charge in [0, 0.05) is 12.6 Å².